The first kappa shape index (κ1) is 26.1. The molecule has 7 heteroatoms. The standard InChI is InChI=1S/C34H27N3O4/c38-30-19-27(33(40)36(30)21-23-11-3-1-4-12-23)32(26-16-8-7-15-25(26)29-17-9-10-18-35-29)28-20-31(39)37(34(28)41)22-24-13-5-2-6-14-24/h1-18,27H,19-22H2/b32-28-. The number of aromatic nitrogens is 1. The average molecular weight is 542 g/mol. The molecule has 3 aromatic carbocycles. The Labute approximate surface area is 237 Å². The van der Waals surface area contributed by atoms with Crippen LogP contribution >= 0.6 is 0 Å². The Morgan fingerprint density at radius 2 is 1.29 bits per heavy atom. The molecule has 0 saturated carbocycles. The van der Waals surface area contributed by atoms with E-state index in [1.807, 2.05) is 103 Å². The number of rotatable bonds is 7. The Morgan fingerprint density at radius 1 is 0.683 bits per heavy atom. The first-order valence-electron chi connectivity index (χ1n) is 13.5. The number of benzene rings is 3. The highest BCUT2D eigenvalue weighted by atomic mass is 16.2. The lowest BCUT2D eigenvalue weighted by atomic mass is 9.83. The van der Waals surface area contributed by atoms with Crippen molar-refractivity contribution in [2.24, 2.45) is 5.92 Å². The molecule has 1 unspecified atom stereocenters. The van der Waals surface area contributed by atoms with E-state index in [-0.39, 0.29) is 49.2 Å². The number of nitrogens with zero attached hydrogens (tertiary/aromatic N) is 3. The van der Waals surface area contributed by atoms with Crippen LogP contribution in [0, 0.1) is 5.92 Å². The van der Waals surface area contributed by atoms with Gasteiger partial charge in [-0.15, -0.1) is 0 Å². The maximum atomic E-state index is 13.9. The quantitative estimate of drug-likeness (QED) is 0.242. The van der Waals surface area contributed by atoms with E-state index in [4.69, 9.17) is 0 Å². The summed E-state index contributed by atoms with van der Waals surface area (Å²) >= 11 is 0. The van der Waals surface area contributed by atoms with Crippen molar-refractivity contribution in [1.82, 2.24) is 14.8 Å². The Hall–Kier alpha value is -5.17. The van der Waals surface area contributed by atoms with E-state index in [9.17, 15) is 19.2 Å². The zero-order valence-electron chi connectivity index (χ0n) is 22.3. The molecule has 4 aromatic rings. The van der Waals surface area contributed by atoms with E-state index >= 15 is 0 Å². The summed E-state index contributed by atoms with van der Waals surface area (Å²) in [6.45, 7) is 0.279. The Balaban J connectivity index is 1.46. The van der Waals surface area contributed by atoms with Gasteiger partial charge in [0.1, 0.15) is 0 Å². The van der Waals surface area contributed by atoms with E-state index in [1.165, 1.54) is 9.80 Å². The van der Waals surface area contributed by atoms with Gasteiger partial charge in [0.05, 0.1) is 31.1 Å². The van der Waals surface area contributed by atoms with Gasteiger partial charge >= 0.3 is 0 Å². The van der Waals surface area contributed by atoms with Crippen LogP contribution in [0.3, 0.4) is 0 Å². The van der Waals surface area contributed by atoms with Gasteiger partial charge < -0.3 is 0 Å². The molecule has 2 aliphatic heterocycles. The van der Waals surface area contributed by atoms with Gasteiger partial charge in [0, 0.05) is 23.8 Å². The molecule has 0 N–H and O–H groups in total. The second-order valence-corrected chi connectivity index (χ2v) is 10.2. The summed E-state index contributed by atoms with van der Waals surface area (Å²) in [4.78, 5) is 61.4. The number of imide groups is 2. The molecule has 3 heterocycles. The highest BCUT2D eigenvalue weighted by Crippen LogP contribution is 2.42. The van der Waals surface area contributed by atoms with Crippen molar-refractivity contribution in [3.05, 3.63) is 132 Å². The van der Waals surface area contributed by atoms with Gasteiger partial charge in [0.2, 0.25) is 17.7 Å². The van der Waals surface area contributed by atoms with Gasteiger partial charge in [-0.2, -0.15) is 0 Å². The SMILES string of the molecule is O=C1C/C(=C(\c2ccccc2-c2ccccn2)C2CC(=O)N(Cc3ccccc3)C2=O)C(=O)N1Cc1ccccc1. The second-order valence-electron chi connectivity index (χ2n) is 10.2. The van der Waals surface area contributed by atoms with Gasteiger partial charge in [-0.3, -0.25) is 34.0 Å². The van der Waals surface area contributed by atoms with Gasteiger partial charge in [-0.25, -0.2) is 0 Å². The van der Waals surface area contributed by atoms with Gasteiger partial charge in [-0.1, -0.05) is 91.0 Å². The lowest BCUT2D eigenvalue weighted by Crippen LogP contribution is -2.31. The first-order chi connectivity index (χ1) is 20.0. The first-order valence-corrected chi connectivity index (χ1v) is 13.5. The van der Waals surface area contributed by atoms with Crippen LogP contribution in [0.25, 0.3) is 16.8 Å². The van der Waals surface area contributed by atoms with E-state index in [0.717, 1.165) is 16.7 Å². The fourth-order valence-electron chi connectivity index (χ4n) is 5.60. The minimum atomic E-state index is -0.903. The van der Waals surface area contributed by atoms with Crippen molar-refractivity contribution in [1.29, 1.82) is 0 Å². The van der Waals surface area contributed by atoms with Crippen LogP contribution in [0.15, 0.2) is 115 Å². The van der Waals surface area contributed by atoms with E-state index in [2.05, 4.69) is 4.98 Å². The molecule has 2 saturated heterocycles. The van der Waals surface area contributed by atoms with Crippen LogP contribution in [-0.4, -0.2) is 38.4 Å². The van der Waals surface area contributed by atoms with Crippen molar-refractivity contribution >= 4 is 29.2 Å². The maximum Gasteiger partial charge on any atom is 0.257 e. The number of likely N-dealkylation sites (tertiary alicyclic amines) is 2. The molecule has 6 rings (SSSR count). The molecule has 202 valence electrons. The molecule has 2 aliphatic rings. The zero-order valence-corrected chi connectivity index (χ0v) is 22.3. The fourth-order valence-corrected chi connectivity index (χ4v) is 5.60. The van der Waals surface area contributed by atoms with E-state index in [1.54, 1.807) is 6.20 Å². The normalized spacial score (nSPS) is 18.4. The molecule has 0 bridgehead atoms. The minimum Gasteiger partial charge on any atom is -0.278 e. The summed E-state index contributed by atoms with van der Waals surface area (Å²) in [7, 11) is 0. The number of carbonyl (C=O) groups is 4. The zero-order chi connectivity index (χ0) is 28.3. The summed E-state index contributed by atoms with van der Waals surface area (Å²) in [6, 6.07) is 31.6. The third-order valence-corrected chi connectivity index (χ3v) is 7.57. The maximum absolute atomic E-state index is 13.9. The molecule has 7 nitrogen and oxygen atoms in total. The highest BCUT2D eigenvalue weighted by molar-refractivity contribution is 6.20. The second kappa shape index (κ2) is 11.1. The predicted octanol–water partition coefficient (Wildman–Crippen LogP) is 5.04. The predicted molar refractivity (Wildman–Crippen MR) is 153 cm³/mol. The van der Waals surface area contributed by atoms with Crippen LogP contribution in [0.5, 0.6) is 0 Å². The van der Waals surface area contributed by atoms with Gasteiger partial charge in [0.25, 0.3) is 5.91 Å². The van der Waals surface area contributed by atoms with Crippen molar-refractivity contribution in [2.45, 2.75) is 25.9 Å². The van der Waals surface area contributed by atoms with Gasteiger partial charge in [0.15, 0.2) is 0 Å². The molecule has 41 heavy (non-hydrogen) atoms. The summed E-state index contributed by atoms with van der Waals surface area (Å²) < 4.78 is 0. The van der Waals surface area contributed by atoms with Crippen molar-refractivity contribution in [3.63, 3.8) is 0 Å². The Morgan fingerprint density at radius 3 is 1.95 bits per heavy atom. The third kappa shape index (κ3) is 5.10. The molecule has 2 fully saturated rings. The molecule has 1 atom stereocenters. The summed E-state index contributed by atoms with van der Waals surface area (Å²) in [6.07, 6.45) is 1.45. The van der Waals surface area contributed by atoms with Crippen LogP contribution in [0.4, 0.5) is 0 Å². The van der Waals surface area contributed by atoms with Gasteiger partial charge in [-0.05, 0) is 34.4 Å². The van der Waals surface area contributed by atoms with Crippen LogP contribution < -0.4 is 0 Å². The van der Waals surface area contributed by atoms with Crippen LogP contribution in [0.1, 0.15) is 29.5 Å². The van der Waals surface area contributed by atoms with Crippen LogP contribution in [-0.2, 0) is 32.3 Å². The Bertz CT molecular complexity index is 1670. The molecular weight excluding hydrogens is 514 g/mol. The molecule has 4 amide bonds. The summed E-state index contributed by atoms with van der Waals surface area (Å²) in [5, 5.41) is 0. The van der Waals surface area contributed by atoms with Crippen molar-refractivity contribution in [2.75, 3.05) is 0 Å². The molecule has 1 aromatic heterocycles. The number of pyridine rings is 1. The fraction of sp³-hybridized carbons (Fsp3) is 0.147. The number of hydrogen-bond acceptors (Lipinski definition) is 5. The monoisotopic (exact) mass is 541 g/mol. The summed E-state index contributed by atoms with van der Waals surface area (Å²) in [5.41, 5.74) is 4.34. The smallest absolute Gasteiger partial charge is 0.257 e. The lowest BCUT2D eigenvalue weighted by molar-refractivity contribution is -0.140. The van der Waals surface area contributed by atoms with Crippen LogP contribution in [0.2, 0.25) is 0 Å². The topological polar surface area (TPSA) is 87.6 Å². The Kier molecular flexibility index (Phi) is 7.08. The minimum absolute atomic E-state index is 0.0821. The third-order valence-electron chi connectivity index (χ3n) is 7.57. The molecular formula is C34H27N3O4. The molecule has 0 spiro atoms. The van der Waals surface area contributed by atoms with E-state index in [0.29, 0.717) is 16.8 Å². The van der Waals surface area contributed by atoms with Crippen molar-refractivity contribution in [3.8, 4) is 11.3 Å². The lowest BCUT2D eigenvalue weighted by Gasteiger charge is -2.21. The largest absolute Gasteiger partial charge is 0.278 e. The molecule has 0 radical (unpaired) electrons. The summed E-state index contributed by atoms with van der Waals surface area (Å²) in [5.74, 6) is -2.36. The number of hydrogen-bond donors (Lipinski definition) is 0. The molecule has 0 aliphatic carbocycles. The average Bonchev–Trinajstić information content (AvgIpc) is 3.44. The van der Waals surface area contributed by atoms with Crippen molar-refractivity contribution < 1.29 is 19.2 Å². The highest BCUT2D eigenvalue weighted by Gasteiger charge is 2.45. The van der Waals surface area contributed by atoms with E-state index < -0.39 is 11.8 Å². The number of carbonyl (C=O) groups excluding carboxylic acids is 4. The number of amides is 4.